The van der Waals surface area contributed by atoms with Crippen LogP contribution in [-0.2, 0) is 10.0 Å². The summed E-state index contributed by atoms with van der Waals surface area (Å²) < 4.78 is 56.7. The Kier molecular flexibility index (Phi) is 6.31. The molecular formula is C21H18F2N2O4S. The lowest BCUT2D eigenvalue weighted by Crippen LogP contribution is -2.15. The van der Waals surface area contributed by atoms with Gasteiger partial charge in [-0.1, -0.05) is 29.8 Å². The van der Waals surface area contributed by atoms with Crippen molar-refractivity contribution in [2.75, 3.05) is 10.0 Å². The van der Waals surface area contributed by atoms with Crippen LogP contribution in [0.1, 0.15) is 15.9 Å². The molecule has 0 bridgehead atoms. The van der Waals surface area contributed by atoms with Gasteiger partial charge in [0, 0.05) is 11.4 Å². The molecule has 0 spiro atoms. The van der Waals surface area contributed by atoms with Crippen LogP contribution >= 0.6 is 0 Å². The SMILES string of the molecule is Cc1ccc(S(=O)(=O)Nc2ccc(NC(=O)c3ccccc3OC(F)F)cc2)cc1. The van der Waals surface area contributed by atoms with Gasteiger partial charge in [0.05, 0.1) is 10.5 Å². The summed E-state index contributed by atoms with van der Waals surface area (Å²) in [6.45, 7) is -1.20. The summed E-state index contributed by atoms with van der Waals surface area (Å²) in [5.41, 5.74) is 1.54. The van der Waals surface area contributed by atoms with Gasteiger partial charge >= 0.3 is 6.61 Å². The number of hydrogen-bond donors (Lipinski definition) is 2. The molecule has 0 heterocycles. The Morgan fingerprint density at radius 1 is 0.900 bits per heavy atom. The Balaban J connectivity index is 1.71. The van der Waals surface area contributed by atoms with Crippen LogP contribution in [0.15, 0.2) is 77.7 Å². The maximum absolute atomic E-state index is 12.5. The van der Waals surface area contributed by atoms with E-state index in [-0.39, 0.29) is 16.2 Å². The molecule has 3 rings (SSSR count). The molecule has 0 aliphatic carbocycles. The standard InChI is InChI=1S/C21H18F2N2O4S/c1-14-6-12-17(13-7-14)30(27,28)25-16-10-8-15(9-11-16)24-20(26)18-4-2-3-5-19(18)29-21(22)23/h2-13,21,25H,1H3,(H,24,26). The minimum absolute atomic E-state index is 0.0537. The largest absolute Gasteiger partial charge is 0.434 e. The fourth-order valence-electron chi connectivity index (χ4n) is 2.60. The third-order valence-corrected chi connectivity index (χ3v) is 5.47. The van der Waals surface area contributed by atoms with Crippen molar-refractivity contribution < 1.29 is 26.7 Å². The number of hydrogen-bond acceptors (Lipinski definition) is 4. The second-order valence-corrected chi connectivity index (χ2v) is 8.01. The monoisotopic (exact) mass is 432 g/mol. The Morgan fingerprint density at radius 2 is 1.50 bits per heavy atom. The van der Waals surface area contributed by atoms with E-state index in [0.29, 0.717) is 11.4 Å². The van der Waals surface area contributed by atoms with Crippen molar-refractivity contribution in [1.82, 2.24) is 0 Å². The molecule has 0 aliphatic rings. The lowest BCUT2D eigenvalue weighted by atomic mass is 10.2. The highest BCUT2D eigenvalue weighted by molar-refractivity contribution is 7.92. The van der Waals surface area contributed by atoms with Gasteiger partial charge in [0.25, 0.3) is 15.9 Å². The lowest BCUT2D eigenvalue weighted by molar-refractivity contribution is -0.0501. The first-order valence-electron chi connectivity index (χ1n) is 8.79. The van der Waals surface area contributed by atoms with Gasteiger partial charge in [-0.25, -0.2) is 8.42 Å². The number of rotatable bonds is 7. The molecule has 1 amide bonds. The summed E-state index contributed by atoms with van der Waals surface area (Å²) in [6.07, 6.45) is 0. The number of carbonyl (C=O) groups excluding carboxylic acids is 1. The third-order valence-electron chi connectivity index (χ3n) is 4.07. The quantitative estimate of drug-likeness (QED) is 0.569. The number of anilines is 2. The van der Waals surface area contributed by atoms with Crippen molar-refractivity contribution >= 4 is 27.3 Å². The van der Waals surface area contributed by atoms with Crippen LogP contribution in [0.25, 0.3) is 0 Å². The highest BCUT2D eigenvalue weighted by atomic mass is 32.2. The van der Waals surface area contributed by atoms with Crippen molar-refractivity contribution in [1.29, 1.82) is 0 Å². The number of alkyl halides is 2. The van der Waals surface area contributed by atoms with E-state index in [1.807, 2.05) is 6.92 Å². The van der Waals surface area contributed by atoms with E-state index >= 15 is 0 Å². The summed E-state index contributed by atoms with van der Waals surface area (Å²) in [4.78, 5) is 12.5. The van der Waals surface area contributed by atoms with Crippen molar-refractivity contribution in [2.24, 2.45) is 0 Å². The molecule has 0 unspecified atom stereocenters. The van der Waals surface area contributed by atoms with Crippen LogP contribution in [-0.4, -0.2) is 20.9 Å². The molecule has 3 aromatic carbocycles. The minimum atomic E-state index is -3.75. The lowest BCUT2D eigenvalue weighted by Gasteiger charge is -2.12. The predicted molar refractivity (Wildman–Crippen MR) is 109 cm³/mol. The minimum Gasteiger partial charge on any atom is -0.434 e. The molecule has 156 valence electrons. The van der Waals surface area contributed by atoms with E-state index in [2.05, 4.69) is 14.8 Å². The zero-order valence-corrected chi connectivity index (χ0v) is 16.6. The van der Waals surface area contributed by atoms with E-state index in [0.717, 1.165) is 5.56 Å². The summed E-state index contributed by atoms with van der Waals surface area (Å²) in [5, 5.41) is 2.56. The van der Waals surface area contributed by atoms with Gasteiger partial charge in [-0.15, -0.1) is 0 Å². The van der Waals surface area contributed by atoms with Crippen molar-refractivity contribution in [2.45, 2.75) is 18.4 Å². The molecule has 30 heavy (non-hydrogen) atoms. The Bertz CT molecular complexity index is 1130. The molecule has 9 heteroatoms. The molecule has 0 atom stereocenters. The number of nitrogens with one attached hydrogen (secondary N) is 2. The number of benzene rings is 3. The first-order chi connectivity index (χ1) is 14.2. The number of halogens is 2. The van der Waals surface area contributed by atoms with Gasteiger partial charge in [-0.3, -0.25) is 9.52 Å². The molecule has 0 radical (unpaired) electrons. The van der Waals surface area contributed by atoms with E-state index in [9.17, 15) is 22.0 Å². The van der Waals surface area contributed by atoms with Gasteiger partial charge in [-0.05, 0) is 55.5 Å². The molecule has 0 fully saturated rings. The Labute approximate surface area is 172 Å². The van der Waals surface area contributed by atoms with Gasteiger partial charge in [0.1, 0.15) is 5.75 Å². The topological polar surface area (TPSA) is 84.5 Å². The maximum Gasteiger partial charge on any atom is 0.387 e. The van der Waals surface area contributed by atoms with E-state index in [1.165, 1.54) is 60.7 Å². The second-order valence-electron chi connectivity index (χ2n) is 6.32. The van der Waals surface area contributed by atoms with Gasteiger partial charge in [0.15, 0.2) is 0 Å². The fraction of sp³-hybridized carbons (Fsp3) is 0.0952. The summed E-state index contributed by atoms with van der Waals surface area (Å²) >= 11 is 0. The summed E-state index contributed by atoms with van der Waals surface area (Å²) in [6, 6.07) is 18.0. The van der Waals surface area contributed by atoms with Gasteiger partial charge < -0.3 is 10.1 Å². The number of aryl methyl sites for hydroxylation is 1. The molecule has 0 saturated heterocycles. The number of ether oxygens (including phenoxy) is 1. The van der Waals surface area contributed by atoms with Crippen molar-refractivity contribution in [3.8, 4) is 5.75 Å². The Hall–Kier alpha value is -3.46. The molecule has 0 aromatic heterocycles. The number of carbonyl (C=O) groups is 1. The van der Waals surface area contributed by atoms with Gasteiger partial charge in [-0.2, -0.15) is 8.78 Å². The van der Waals surface area contributed by atoms with Crippen molar-refractivity contribution in [3.05, 3.63) is 83.9 Å². The zero-order chi connectivity index (χ0) is 21.7. The van der Waals surface area contributed by atoms with Crippen LogP contribution in [0.5, 0.6) is 5.75 Å². The van der Waals surface area contributed by atoms with E-state index < -0.39 is 22.5 Å². The number of amides is 1. The van der Waals surface area contributed by atoms with E-state index in [1.54, 1.807) is 12.1 Å². The predicted octanol–water partition coefficient (Wildman–Crippen LogP) is 4.65. The molecule has 3 aromatic rings. The number of para-hydroxylation sites is 1. The van der Waals surface area contributed by atoms with Crippen LogP contribution in [0.4, 0.5) is 20.2 Å². The number of sulfonamides is 1. The van der Waals surface area contributed by atoms with Crippen molar-refractivity contribution in [3.63, 3.8) is 0 Å². The first kappa shape index (κ1) is 21.3. The molecule has 6 nitrogen and oxygen atoms in total. The Morgan fingerprint density at radius 3 is 2.13 bits per heavy atom. The first-order valence-corrected chi connectivity index (χ1v) is 10.3. The summed E-state index contributed by atoms with van der Waals surface area (Å²) in [7, 11) is -3.75. The molecule has 0 saturated carbocycles. The average molecular weight is 432 g/mol. The smallest absolute Gasteiger partial charge is 0.387 e. The molecule has 0 aliphatic heterocycles. The van der Waals surface area contributed by atoms with Crippen LogP contribution in [0.2, 0.25) is 0 Å². The van der Waals surface area contributed by atoms with Crippen LogP contribution in [0.3, 0.4) is 0 Å². The average Bonchev–Trinajstić information content (AvgIpc) is 2.69. The highest BCUT2D eigenvalue weighted by Crippen LogP contribution is 2.23. The third kappa shape index (κ3) is 5.32. The van der Waals surface area contributed by atoms with E-state index in [4.69, 9.17) is 0 Å². The fourth-order valence-corrected chi connectivity index (χ4v) is 3.66. The second kappa shape index (κ2) is 8.91. The highest BCUT2D eigenvalue weighted by Gasteiger charge is 2.16. The van der Waals surface area contributed by atoms with Gasteiger partial charge in [0.2, 0.25) is 0 Å². The molecule has 2 N–H and O–H groups in total. The summed E-state index contributed by atoms with van der Waals surface area (Å²) in [5.74, 6) is -0.883. The molecular weight excluding hydrogens is 414 g/mol. The van der Waals surface area contributed by atoms with Crippen LogP contribution in [0, 0.1) is 6.92 Å². The normalized spacial score (nSPS) is 11.2. The maximum atomic E-state index is 12.5. The van der Waals surface area contributed by atoms with Crippen LogP contribution < -0.4 is 14.8 Å². The zero-order valence-electron chi connectivity index (χ0n) is 15.8.